The van der Waals surface area contributed by atoms with Gasteiger partial charge in [0.05, 0.1) is 5.69 Å². The number of nitrogens with two attached hydrogens (primary N) is 2. The first-order valence-corrected chi connectivity index (χ1v) is 7.09. The zero-order valence-corrected chi connectivity index (χ0v) is 13.0. The molecule has 0 radical (unpaired) electrons. The zero-order chi connectivity index (χ0) is 16.8. The third-order valence-electron chi connectivity index (χ3n) is 3.10. The van der Waals surface area contributed by atoms with Gasteiger partial charge in [0.2, 0.25) is 6.36 Å². The number of aliphatic imine (C=N–C) groups is 2. The molecule has 2 aromatic rings. The van der Waals surface area contributed by atoms with Gasteiger partial charge in [-0.1, -0.05) is 0 Å². The number of amidine groups is 1. The van der Waals surface area contributed by atoms with Crippen molar-refractivity contribution in [1.82, 2.24) is 0 Å². The van der Waals surface area contributed by atoms with Crippen LogP contribution in [0.4, 0.5) is 15.8 Å². The number of benzene rings is 2. The molecule has 0 aliphatic heterocycles. The number of ether oxygens (including phenoxy) is 1. The second-order valence-corrected chi connectivity index (χ2v) is 4.99. The average molecular weight is 314 g/mol. The van der Waals surface area contributed by atoms with E-state index in [1.165, 1.54) is 13.3 Å². The van der Waals surface area contributed by atoms with Gasteiger partial charge < -0.3 is 16.2 Å². The number of nitrogens with zero attached hydrogens (tertiary/aromatic N) is 2. The smallest absolute Gasteiger partial charge is 0.235 e. The fraction of sp³-hybridized carbons (Fsp3) is 0.176. The molecule has 0 saturated heterocycles. The van der Waals surface area contributed by atoms with Gasteiger partial charge in [0, 0.05) is 18.2 Å². The van der Waals surface area contributed by atoms with E-state index in [4.69, 9.17) is 16.2 Å². The Labute approximate surface area is 134 Å². The first-order chi connectivity index (χ1) is 11.0. The topological polar surface area (TPSA) is 86.0 Å². The third-order valence-corrected chi connectivity index (χ3v) is 3.10. The molecule has 0 bridgehead atoms. The molecule has 2 rings (SSSR count). The summed E-state index contributed by atoms with van der Waals surface area (Å²) in [7, 11) is 0. The molecule has 0 aliphatic carbocycles. The molecular formula is C17H19FN4O. The summed E-state index contributed by atoms with van der Waals surface area (Å²) >= 11 is 0. The summed E-state index contributed by atoms with van der Waals surface area (Å²) in [5.41, 5.74) is 14.8. The lowest BCUT2D eigenvalue weighted by atomic mass is 10.1. The van der Waals surface area contributed by atoms with Crippen LogP contribution in [-0.2, 0) is 0 Å². The summed E-state index contributed by atoms with van der Waals surface area (Å²) in [6, 6.07) is 12.1. The molecule has 4 N–H and O–H groups in total. The van der Waals surface area contributed by atoms with Gasteiger partial charge in [0.25, 0.3) is 0 Å². The molecule has 0 spiro atoms. The Morgan fingerprint density at radius 1 is 1.22 bits per heavy atom. The van der Waals surface area contributed by atoms with E-state index in [1.54, 1.807) is 36.4 Å². The van der Waals surface area contributed by atoms with Gasteiger partial charge in [-0.15, -0.1) is 0 Å². The number of alkyl halides is 1. The van der Waals surface area contributed by atoms with Crippen molar-refractivity contribution in [2.45, 2.75) is 20.2 Å². The summed E-state index contributed by atoms with van der Waals surface area (Å²) in [4.78, 5) is 8.27. The number of aryl methyl sites for hydroxylation is 1. The molecule has 6 heteroatoms. The number of hydrogen-bond donors (Lipinski definition) is 2. The maximum atomic E-state index is 12.7. The molecule has 5 nitrogen and oxygen atoms in total. The van der Waals surface area contributed by atoms with E-state index in [0.29, 0.717) is 23.0 Å². The quantitative estimate of drug-likeness (QED) is 0.504. The van der Waals surface area contributed by atoms with Crippen molar-refractivity contribution in [2.24, 2.45) is 15.7 Å². The molecule has 120 valence electrons. The summed E-state index contributed by atoms with van der Waals surface area (Å²) in [6.07, 6.45) is 0.0198. The first kappa shape index (κ1) is 16.5. The Balaban J connectivity index is 2.05. The van der Waals surface area contributed by atoms with Crippen LogP contribution in [0.25, 0.3) is 0 Å². The van der Waals surface area contributed by atoms with Gasteiger partial charge in [-0.2, -0.15) is 0 Å². The number of rotatable bonds is 5. The van der Waals surface area contributed by atoms with Gasteiger partial charge in [0.15, 0.2) is 0 Å². The van der Waals surface area contributed by atoms with E-state index in [-0.39, 0.29) is 0 Å². The maximum Gasteiger partial charge on any atom is 0.235 e. The van der Waals surface area contributed by atoms with E-state index in [2.05, 4.69) is 9.98 Å². The fourth-order valence-corrected chi connectivity index (χ4v) is 1.87. The standard InChI is InChI=1S/C17H19FN4O/c1-11-9-13(3-8-16(11)19)17(20)22-10-21-14-4-6-15(7-5-14)23-12(2)18/h3-10,12H,19H2,1-2H3,(H2,20,21,22). The molecule has 0 heterocycles. The van der Waals surface area contributed by atoms with Gasteiger partial charge in [-0.3, -0.25) is 0 Å². The monoisotopic (exact) mass is 314 g/mol. The average Bonchev–Trinajstić information content (AvgIpc) is 2.51. The fourth-order valence-electron chi connectivity index (χ4n) is 1.87. The highest BCUT2D eigenvalue weighted by molar-refractivity contribution is 6.01. The summed E-state index contributed by atoms with van der Waals surface area (Å²) < 4.78 is 17.6. The lowest BCUT2D eigenvalue weighted by Gasteiger charge is -2.06. The maximum absolute atomic E-state index is 12.7. The van der Waals surface area contributed by atoms with Crippen LogP contribution in [-0.4, -0.2) is 18.5 Å². The number of halogens is 1. The van der Waals surface area contributed by atoms with Gasteiger partial charge >= 0.3 is 0 Å². The van der Waals surface area contributed by atoms with Crippen LogP contribution < -0.4 is 16.2 Å². The molecule has 0 aromatic heterocycles. The second-order valence-electron chi connectivity index (χ2n) is 4.99. The van der Waals surface area contributed by atoms with Gasteiger partial charge in [0.1, 0.15) is 17.9 Å². The molecule has 1 unspecified atom stereocenters. The Bertz CT molecular complexity index is 724. The van der Waals surface area contributed by atoms with Crippen LogP contribution >= 0.6 is 0 Å². The van der Waals surface area contributed by atoms with E-state index < -0.39 is 6.36 Å². The van der Waals surface area contributed by atoms with Crippen molar-refractivity contribution in [1.29, 1.82) is 0 Å². The Morgan fingerprint density at radius 3 is 2.52 bits per heavy atom. The molecule has 23 heavy (non-hydrogen) atoms. The van der Waals surface area contributed by atoms with Gasteiger partial charge in [-0.25, -0.2) is 14.4 Å². The Hall–Kier alpha value is -2.89. The molecule has 0 aliphatic rings. The normalized spacial score (nSPS) is 13.3. The van der Waals surface area contributed by atoms with E-state index in [0.717, 1.165) is 11.1 Å². The van der Waals surface area contributed by atoms with Crippen LogP contribution in [0, 0.1) is 6.92 Å². The van der Waals surface area contributed by atoms with Crippen LogP contribution in [0.5, 0.6) is 5.75 Å². The lowest BCUT2D eigenvalue weighted by molar-refractivity contribution is 0.0861. The highest BCUT2D eigenvalue weighted by Gasteiger charge is 2.01. The van der Waals surface area contributed by atoms with E-state index >= 15 is 0 Å². The minimum atomic E-state index is -1.35. The third kappa shape index (κ3) is 4.81. The van der Waals surface area contributed by atoms with Crippen molar-refractivity contribution in [2.75, 3.05) is 5.73 Å². The van der Waals surface area contributed by atoms with Crippen molar-refractivity contribution in [3.05, 3.63) is 53.6 Å². The van der Waals surface area contributed by atoms with Crippen LogP contribution in [0.1, 0.15) is 18.1 Å². The second kappa shape index (κ2) is 7.40. The molecule has 0 fully saturated rings. The number of hydrogen-bond acceptors (Lipinski definition) is 3. The predicted molar refractivity (Wildman–Crippen MR) is 92.1 cm³/mol. The van der Waals surface area contributed by atoms with Crippen molar-refractivity contribution >= 4 is 23.5 Å². The van der Waals surface area contributed by atoms with Crippen molar-refractivity contribution < 1.29 is 9.13 Å². The minimum Gasteiger partial charge on any atom is -0.461 e. The summed E-state index contributed by atoms with van der Waals surface area (Å²) in [5, 5.41) is 0. The largest absolute Gasteiger partial charge is 0.461 e. The van der Waals surface area contributed by atoms with E-state index in [1.807, 2.05) is 13.0 Å². The summed E-state index contributed by atoms with van der Waals surface area (Å²) in [5.74, 6) is 0.794. The minimum absolute atomic E-state index is 0.350. The molecule has 2 aromatic carbocycles. The van der Waals surface area contributed by atoms with Crippen LogP contribution in [0.2, 0.25) is 0 Å². The van der Waals surface area contributed by atoms with Gasteiger partial charge in [-0.05, 0) is 55.0 Å². The highest BCUT2D eigenvalue weighted by Crippen LogP contribution is 2.19. The highest BCUT2D eigenvalue weighted by atomic mass is 19.1. The molecule has 1 atom stereocenters. The molecular weight excluding hydrogens is 295 g/mol. The SMILES string of the molecule is Cc1cc(C(N)=NC=Nc2ccc(OC(C)F)cc2)ccc1N. The Kier molecular flexibility index (Phi) is 5.30. The molecule has 0 amide bonds. The van der Waals surface area contributed by atoms with Crippen LogP contribution in [0.15, 0.2) is 52.4 Å². The van der Waals surface area contributed by atoms with Crippen molar-refractivity contribution in [3.63, 3.8) is 0 Å². The predicted octanol–water partition coefficient (Wildman–Crippen LogP) is 3.34. The molecule has 0 saturated carbocycles. The van der Waals surface area contributed by atoms with E-state index in [9.17, 15) is 4.39 Å². The Morgan fingerprint density at radius 2 is 1.91 bits per heavy atom. The lowest BCUT2D eigenvalue weighted by Crippen LogP contribution is -2.13. The van der Waals surface area contributed by atoms with Crippen molar-refractivity contribution in [3.8, 4) is 5.75 Å². The number of anilines is 1. The first-order valence-electron chi connectivity index (χ1n) is 7.09. The number of nitrogen functional groups attached to an aromatic ring is 1. The van der Waals surface area contributed by atoms with Crippen LogP contribution in [0.3, 0.4) is 0 Å². The zero-order valence-electron chi connectivity index (χ0n) is 13.0. The summed E-state index contributed by atoms with van der Waals surface area (Å²) in [6.45, 7) is 3.23.